The van der Waals surface area contributed by atoms with Crippen LogP contribution in [0.25, 0.3) is 0 Å². The predicted octanol–water partition coefficient (Wildman–Crippen LogP) is 3.88. The molecule has 3 nitrogen and oxygen atoms in total. The molecule has 1 unspecified atom stereocenters. The summed E-state index contributed by atoms with van der Waals surface area (Å²) in [6, 6.07) is 2.44. The van der Waals surface area contributed by atoms with Crippen LogP contribution < -0.4 is 5.32 Å². The first-order chi connectivity index (χ1) is 9.51. The molecule has 20 heavy (non-hydrogen) atoms. The Kier molecular flexibility index (Phi) is 4.89. The second-order valence-electron chi connectivity index (χ2n) is 5.26. The van der Waals surface area contributed by atoms with Gasteiger partial charge in [0, 0.05) is 35.0 Å². The summed E-state index contributed by atoms with van der Waals surface area (Å²) in [5.74, 6) is 0. The number of nitrogens with one attached hydrogen (secondary N) is 1. The quantitative estimate of drug-likeness (QED) is 0.908. The molecule has 2 heterocycles. The molecule has 0 amide bonds. The highest BCUT2D eigenvalue weighted by molar-refractivity contribution is 7.11. The Morgan fingerprint density at radius 3 is 2.65 bits per heavy atom. The highest BCUT2D eigenvalue weighted by Gasteiger charge is 2.13. The molecule has 1 atom stereocenters. The van der Waals surface area contributed by atoms with E-state index in [0.717, 1.165) is 29.4 Å². The average Bonchev–Trinajstić information content (AvgIpc) is 2.83. The van der Waals surface area contributed by atoms with Crippen molar-refractivity contribution in [1.82, 2.24) is 15.3 Å². The van der Waals surface area contributed by atoms with Crippen LogP contribution in [0.2, 0.25) is 0 Å². The van der Waals surface area contributed by atoms with Crippen LogP contribution in [0.4, 0.5) is 0 Å². The standard InChI is InChI=1S/C16H23N3S/c1-6-14-8-18-15(20-14)9-17-12(4)16-10(2)7-11(3)19-13(16)5/h7-8,12,17H,6,9H2,1-5H3. The molecule has 2 aromatic heterocycles. The van der Waals surface area contributed by atoms with Crippen LogP contribution in [-0.2, 0) is 13.0 Å². The summed E-state index contributed by atoms with van der Waals surface area (Å²) in [5.41, 5.74) is 4.82. The van der Waals surface area contributed by atoms with E-state index in [9.17, 15) is 0 Å². The van der Waals surface area contributed by atoms with Crippen molar-refractivity contribution >= 4 is 11.3 Å². The predicted molar refractivity (Wildman–Crippen MR) is 85.2 cm³/mol. The highest BCUT2D eigenvalue weighted by atomic mass is 32.1. The first-order valence-corrected chi connectivity index (χ1v) is 7.94. The number of thiazole rings is 1. The van der Waals surface area contributed by atoms with Crippen LogP contribution in [-0.4, -0.2) is 9.97 Å². The lowest BCUT2D eigenvalue weighted by molar-refractivity contribution is 0.565. The molecule has 0 bridgehead atoms. The van der Waals surface area contributed by atoms with Gasteiger partial charge in [-0.3, -0.25) is 4.98 Å². The minimum Gasteiger partial charge on any atom is -0.304 e. The first-order valence-electron chi connectivity index (χ1n) is 7.13. The molecule has 1 N–H and O–H groups in total. The van der Waals surface area contributed by atoms with Crippen LogP contribution in [0, 0.1) is 20.8 Å². The molecular formula is C16H23N3S. The van der Waals surface area contributed by atoms with Crippen LogP contribution in [0.3, 0.4) is 0 Å². The number of pyridine rings is 1. The van der Waals surface area contributed by atoms with Gasteiger partial charge in [0.15, 0.2) is 0 Å². The van der Waals surface area contributed by atoms with E-state index in [1.165, 1.54) is 16.0 Å². The van der Waals surface area contributed by atoms with Crippen molar-refractivity contribution in [2.45, 2.75) is 53.6 Å². The van der Waals surface area contributed by atoms with Gasteiger partial charge in [0.25, 0.3) is 0 Å². The minimum atomic E-state index is 0.289. The molecule has 2 aromatic rings. The molecule has 2 rings (SSSR count). The second kappa shape index (κ2) is 6.46. The Bertz CT molecular complexity index is 566. The summed E-state index contributed by atoms with van der Waals surface area (Å²) in [4.78, 5) is 10.4. The normalized spacial score (nSPS) is 12.7. The van der Waals surface area contributed by atoms with Gasteiger partial charge in [-0.15, -0.1) is 11.3 Å². The van der Waals surface area contributed by atoms with Gasteiger partial charge < -0.3 is 5.32 Å². The average molecular weight is 289 g/mol. The van der Waals surface area contributed by atoms with Crippen LogP contribution in [0.1, 0.15) is 52.3 Å². The van der Waals surface area contributed by atoms with Crippen LogP contribution in [0.15, 0.2) is 12.3 Å². The van der Waals surface area contributed by atoms with Crippen molar-refractivity contribution in [3.05, 3.63) is 44.7 Å². The maximum atomic E-state index is 4.57. The summed E-state index contributed by atoms with van der Waals surface area (Å²) in [7, 11) is 0. The largest absolute Gasteiger partial charge is 0.304 e. The topological polar surface area (TPSA) is 37.8 Å². The van der Waals surface area contributed by atoms with Crippen LogP contribution >= 0.6 is 11.3 Å². The van der Waals surface area contributed by atoms with Gasteiger partial charge in [-0.2, -0.15) is 0 Å². The van der Waals surface area contributed by atoms with Gasteiger partial charge in [-0.05, 0) is 51.3 Å². The molecule has 0 saturated carbocycles. The van der Waals surface area contributed by atoms with E-state index in [2.05, 4.69) is 49.0 Å². The lowest BCUT2D eigenvalue weighted by Gasteiger charge is -2.18. The summed E-state index contributed by atoms with van der Waals surface area (Å²) >= 11 is 1.79. The summed E-state index contributed by atoms with van der Waals surface area (Å²) in [5, 5.41) is 4.72. The first kappa shape index (κ1) is 15.1. The molecule has 4 heteroatoms. The van der Waals surface area contributed by atoms with Gasteiger partial charge in [0.1, 0.15) is 5.01 Å². The number of rotatable bonds is 5. The fraction of sp³-hybridized carbons (Fsp3) is 0.500. The summed E-state index contributed by atoms with van der Waals surface area (Å²) < 4.78 is 0. The zero-order chi connectivity index (χ0) is 14.7. The number of aromatic nitrogens is 2. The maximum absolute atomic E-state index is 4.57. The van der Waals surface area contributed by atoms with E-state index in [1.807, 2.05) is 13.1 Å². The zero-order valence-electron chi connectivity index (χ0n) is 12.9. The van der Waals surface area contributed by atoms with E-state index in [-0.39, 0.29) is 6.04 Å². The molecular weight excluding hydrogens is 266 g/mol. The molecule has 0 aliphatic carbocycles. The number of nitrogens with zero attached hydrogens (tertiary/aromatic N) is 2. The monoisotopic (exact) mass is 289 g/mol. The Morgan fingerprint density at radius 2 is 2.05 bits per heavy atom. The smallest absolute Gasteiger partial charge is 0.107 e. The lowest BCUT2D eigenvalue weighted by atomic mass is 10.0. The highest BCUT2D eigenvalue weighted by Crippen LogP contribution is 2.22. The molecule has 0 aliphatic rings. The maximum Gasteiger partial charge on any atom is 0.107 e. The number of hydrogen-bond donors (Lipinski definition) is 1. The number of hydrogen-bond acceptors (Lipinski definition) is 4. The van der Waals surface area contributed by atoms with Crippen molar-refractivity contribution in [3.8, 4) is 0 Å². The molecule has 0 radical (unpaired) electrons. The van der Waals surface area contributed by atoms with E-state index < -0.39 is 0 Å². The van der Waals surface area contributed by atoms with E-state index in [0.29, 0.717) is 0 Å². The number of aryl methyl sites for hydroxylation is 4. The van der Waals surface area contributed by atoms with Gasteiger partial charge in [-0.25, -0.2) is 4.98 Å². The van der Waals surface area contributed by atoms with E-state index in [4.69, 9.17) is 0 Å². The van der Waals surface area contributed by atoms with Gasteiger partial charge >= 0.3 is 0 Å². The fourth-order valence-electron chi connectivity index (χ4n) is 2.62. The Morgan fingerprint density at radius 1 is 1.30 bits per heavy atom. The van der Waals surface area contributed by atoms with Crippen molar-refractivity contribution in [3.63, 3.8) is 0 Å². The summed E-state index contributed by atoms with van der Waals surface area (Å²) in [6.45, 7) is 11.5. The van der Waals surface area contributed by atoms with Gasteiger partial charge in [0.2, 0.25) is 0 Å². The minimum absolute atomic E-state index is 0.289. The van der Waals surface area contributed by atoms with Crippen molar-refractivity contribution in [2.24, 2.45) is 0 Å². The third-order valence-electron chi connectivity index (χ3n) is 3.53. The molecule has 0 spiro atoms. The van der Waals surface area contributed by atoms with Crippen molar-refractivity contribution < 1.29 is 0 Å². The molecule has 0 aliphatic heterocycles. The van der Waals surface area contributed by atoms with E-state index in [1.54, 1.807) is 11.3 Å². The molecule has 108 valence electrons. The van der Waals surface area contributed by atoms with Crippen molar-refractivity contribution in [1.29, 1.82) is 0 Å². The lowest BCUT2D eigenvalue weighted by Crippen LogP contribution is -2.20. The van der Waals surface area contributed by atoms with Gasteiger partial charge in [0.05, 0.1) is 0 Å². The van der Waals surface area contributed by atoms with Crippen molar-refractivity contribution in [2.75, 3.05) is 0 Å². The third kappa shape index (κ3) is 3.44. The molecule has 0 fully saturated rings. The summed E-state index contributed by atoms with van der Waals surface area (Å²) in [6.07, 6.45) is 3.05. The zero-order valence-corrected chi connectivity index (χ0v) is 13.8. The molecule has 0 aromatic carbocycles. The Hall–Kier alpha value is -1.26. The Labute approximate surface area is 125 Å². The van der Waals surface area contributed by atoms with Gasteiger partial charge in [-0.1, -0.05) is 6.92 Å². The molecule has 0 saturated heterocycles. The second-order valence-corrected chi connectivity index (χ2v) is 6.46. The Balaban J connectivity index is 2.06. The third-order valence-corrected chi connectivity index (χ3v) is 4.67. The van der Waals surface area contributed by atoms with E-state index >= 15 is 0 Å². The SMILES string of the molecule is CCc1cnc(CNC(C)c2c(C)cc(C)nc2C)s1. The fourth-order valence-corrected chi connectivity index (χ4v) is 3.44. The van der Waals surface area contributed by atoms with Crippen LogP contribution in [0.5, 0.6) is 0 Å².